The summed E-state index contributed by atoms with van der Waals surface area (Å²) in [5.41, 5.74) is -0.259. The lowest BCUT2D eigenvalue weighted by atomic mass is 9.77. The molecule has 4 heteroatoms. The number of nitrogens with zero attached hydrogens (tertiary/aromatic N) is 2. The lowest BCUT2D eigenvalue weighted by Crippen LogP contribution is -2.61. The van der Waals surface area contributed by atoms with Gasteiger partial charge in [0.25, 0.3) is 0 Å². The van der Waals surface area contributed by atoms with Crippen LogP contribution in [0.15, 0.2) is 0 Å². The van der Waals surface area contributed by atoms with Crippen molar-refractivity contribution in [2.24, 2.45) is 0 Å². The van der Waals surface area contributed by atoms with E-state index in [0.29, 0.717) is 12.1 Å². The van der Waals surface area contributed by atoms with Crippen LogP contribution < -0.4 is 5.32 Å². The molecule has 2 fully saturated rings. The first kappa shape index (κ1) is 15.8. The van der Waals surface area contributed by atoms with Gasteiger partial charge >= 0.3 is 0 Å². The first-order valence-corrected chi connectivity index (χ1v) is 7.92. The molecule has 2 rings (SSSR count). The Morgan fingerprint density at radius 2 is 2.15 bits per heavy atom. The van der Waals surface area contributed by atoms with Gasteiger partial charge in [0.15, 0.2) is 0 Å². The number of nitriles is 1. The summed E-state index contributed by atoms with van der Waals surface area (Å²) in [6, 6.07) is 3.42. The van der Waals surface area contributed by atoms with E-state index >= 15 is 0 Å². The summed E-state index contributed by atoms with van der Waals surface area (Å²) in [6.45, 7) is 11.4. The molecule has 0 spiro atoms. The predicted molar refractivity (Wildman–Crippen MR) is 80.5 cm³/mol. The Kier molecular flexibility index (Phi) is 4.73. The molecule has 0 aromatic carbocycles. The first-order chi connectivity index (χ1) is 9.38. The van der Waals surface area contributed by atoms with Crippen molar-refractivity contribution in [3.63, 3.8) is 0 Å². The van der Waals surface area contributed by atoms with Crippen molar-refractivity contribution in [2.75, 3.05) is 19.8 Å². The van der Waals surface area contributed by atoms with Crippen molar-refractivity contribution in [3.8, 4) is 6.07 Å². The molecule has 1 saturated carbocycles. The zero-order valence-electron chi connectivity index (χ0n) is 13.4. The van der Waals surface area contributed by atoms with Crippen molar-refractivity contribution in [2.45, 2.75) is 76.5 Å². The summed E-state index contributed by atoms with van der Waals surface area (Å²) >= 11 is 0. The van der Waals surface area contributed by atoms with Gasteiger partial charge in [-0.3, -0.25) is 10.2 Å². The quantitative estimate of drug-likeness (QED) is 0.861. The summed E-state index contributed by atoms with van der Waals surface area (Å²) in [6.07, 6.45) is 4.24. The van der Waals surface area contributed by atoms with E-state index in [0.717, 1.165) is 39.0 Å². The zero-order valence-corrected chi connectivity index (χ0v) is 13.4. The Morgan fingerprint density at radius 3 is 2.75 bits per heavy atom. The lowest BCUT2D eigenvalue weighted by molar-refractivity contribution is -0.0825. The minimum atomic E-state index is -0.342. The highest BCUT2D eigenvalue weighted by atomic mass is 16.5. The van der Waals surface area contributed by atoms with E-state index in [1.54, 1.807) is 0 Å². The molecule has 0 aromatic rings. The van der Waals surface area contributed by atoms with Crippen molar-refractivity contribution in [1.82, 2.24) is 10.2 Å². The third-order valence-electron chi connectivity index (χ3n) is 4.65. The van der Waals surface area contributed by atoms with E-state index in [9.17, 15) is 5.26 Å². The third-order valence-corrected chi connectivity index (χ3v) is 4.65. The largest absolute Gasteiger partial charge is 0.378 e. The molecule has 2 unspecified atom stereocenters. The topological polar surface area (TPSA) is 48.3 Å². The molecule has 1 N–H and O–H groups in total. The maximum atomic E-state index is 9.68. The zero-order chi connectivity index (χ0) is 14.8. The van der Waals surface area contributed by atoms with E-state index in [1.165, 1.54) is 6.42 Å². The van der Waals surface area contributed by atoms with Gasteiger partial charge in [0.1, 0.15) is 5.54 Å². The first-order valence-electron chi connectivity index (χ1n) is 7.92. The molecule has 20 heavy (non-hydrogen) atoms. The normalized spacial score (nSPS) is 34.9. The van der Waals surface area contributed by atoms with Crippen LogP contribution in [0.1, 0.15) is 53.4 Å². The number of hydrogen-bond acceptors (Lipinski definition) is 4. The van der Waals surface area contributed by atoms with Crippen LogP contribution in [0.5, 0.6) is 0 Å². The van der Waals surface area contributed by atoms with E-state index in [4.69, 9.17) is 4.74 Å². The molecule has 1 heterocycles. The highest BCUT2D eigenvalue weighted by Crippen LogP contribution is 2.35. The van der Waals surface area contributed by atoms with Gasteiger partial charge in [-0.25, -0.2) is 0 Å². The summed E-state index contributed by atoms with van der Waals surface area (Å²) < 4.78 is 5.63. The maximum Gasteiger partial charge on any atom is 0.108 e. The van der Waals surface area contributed by atoms with Crippen LogP contribution in [-0.2, 0) is 4.74 Å². The average molecular weight is 279 g/mol. The molecule has 1 aliphatic heterocycles. The summed E-state index contributed by atoms with van der Waals surface area (Å²) in [5, 5.41) is 13.2. The van der Waals surface area contributed by atoms with Crippen LogP contribution in [-0.4, -0.2) is 47.8 Å². The van der Waals surface area contributed by atoms with Crippen molar-refractivity contribution in [1.29, 1.82) is 5.26 Å². The smallest absolute Gasteiger partial charge is 0.108 e. The van der Waals surface area contributed by atoms with Crippen molar-refractivity contribution in [3.05, 3.63) is 0 Å². The minimum absolute atomic E-state index is 0.0826. The fourth-order valence-electron chi connectivity index (χ4n) is 3.88. The Morgan fingerprint density at radius 1 is 1.40 bits per heavy atom. The van der Waals surface area contributed by atoms with E-state index in [1.807, 2.05) is 0 Å². The molecular weight excluding hydrogens is 250 g/mol. The molecule has 0 radical (unpaired) electrons. The molecule has 0 amide bonds. The number of morpholine rings is 1. The van der Waals surface area contributed by atoms with Crippen LogP contribution in [0.4, 0.5) is 0 Å². The van der Waals surface area contributed by atoms with E-state index in [2.05, 4.69) is 44.0 Å². The number of ether oxygens (including phenoxy) is 1. The summed E-state index contributed by atoms with van der Waals surface area (Å²) in [5.74, 6) is 0. The molecule has 2 atom stereocenters. The number of rotatable bonds is 3. The molecule has 0 bridgehead atoms. The highest BCUT2D eigenvalue weighted by molar-refractivity contribution is 5.12. The Balaban J connectivity index is 2.11. The van der Waals surface area contributed by atoms with Crippen molar-refractivity contribution >= 4 is 0 Å². The Labute approximate surface area is 123 Å². The predicted octanol–water partition coefficient (Wildman–Crippen LogP) is 2.30. The Hall–Kier alpha value is -0.630. The standard InChI is InChI=1S/C16H29N3O/c1-13(2)18-16(11-17)7-5-6-14(10-16)19-8-9-20-12-15(19,3)4/h13-14,18H,5-10,12H2,1-4H3. The van der Waals surface area contributed by atoms with Crippen LogP contribution >= 0.6 is 0 Å². The van der Waals surface area contributed by atoms with E-state index < -0.39 is 0 Å². The SMILES string of the molecule is CC(C)NC1(C#N)CCCC(N2CCOCC2(C)C)C1. The van der Waals surface area contributed by atoms with Crippen LogP contribution in [0.3, 0.4) is 0 Å². The van der Waals surface area contributed by atoms with Gasteiger partial charge in [-0.15, -0.1) is 0 Å². The molecule has 0 aromatic heterocycles. The van der Waals surface area contributed by atoms with Crippen LogP contribution in [0, 0.1) is 11.3 Å². The Bertz CT molecular complexity index is 374. The molecule has 114 valence electrons. The van der Waals surface area contributed by atoms with Gasteiger partial charge in [-0.05, 0) is 53.4 Å². The fourth-order valence-corrected chi connectivity index (χ4v) is 3.88. The molecule has 1 saturated heterocycles. The van der Waals surface area contributed by atoms with Gasteiger partial charge in [-0.2, -0.15) is 5.26 Å². The van der Waals surface area contributed by atoms with Gasteiger partial charge in [0.2, 0.25) is 0 Å². The minimum Gasteiger partial charge on any atom is -0.378 e. The molecular formula is C16H29N3O. The van der Waals surface area contributed by atoms with E-state index in [-0.39, 0.29) is 11.1 Å². The second-order valence-electron chi connectivity index (χ2n) is 7.30. The third kappa shape index (κ3) is 3.33. The summed E-state index contributed by atoms with van der Waals surface area (Å²) in [4.78, 5) is 2.57. The number of nitrogens with one attached hydrogen (secondary N) is 1. The van der Waals surface area contributed by atoms with Gasteiger partial charge < -0.3 is 4.74 Å². The van der Waals surface area contributed by atoms with Crippen LogP contribution in [0.2, 0.25) is 0 Å². The maximum absolute atomic E-state index is 9.68. The van der Waals surface area contributed by atoms with Gasteiger partial charge in [0.05, 0.1) is 19.3 Å². The highest BCUT2D eigenvalue weighted by Gasteiger charge is 2.43. The van der Waals surface area contributed by atoms with Gasteiger partial charge in [0, 0.05) is 24.2 Å². The fraction of sp³-hybridized carbons (Fsp3) is 0.938. The molecule has 2 aliphatic rings. The van der Waals surface area contributed by atoms with Crippen LogP contribution in [0.25, 0.3) is 0 Å². The monoisotopic (exact) mass is 279 g/mol. The summed E-state index contributed by atoms with van der Waals surface area (Å²) in [7, 11) is 0. The molecule has 4 nitrogen and oxygen atoms in total. The lowest BCUT2D eigenvalue weighted by Gasteiger charge is -2.50. The second kappa shape index (κ2) is 6.01. The molecule has 1 aliphatic carbocycles. The van der Waals surface area contributed by atoms with Crippen molar-refractivity contribution < 1.29 is 4.74 Å². The average Bonchev–Trinajstić information content (AvgIpc) is 2.37. The number of hydrogen-bond donors (Lipinski definition) is 1. The van der Waals surface area contributed by atoms with Gasteiger partial charge in [-0.1, -0.05) is 0 Å². The second-order valence-corrected chi connectivity index (χ2v) is 7.30.